The van der Waals surface area contributed by atoms with Crippen LogP contribution in [0.25, 0.3) is 0 Å². The van der Waals surface area contributed by atoms with Crippen molar-refractivity contribution in [3.63, 3.8) is 0 Å². The summed E-state index contributed by atoms with van der Waals surface area (Å²) < 4.78 is 6.03. The summed E-state index contributed by atoms with van der Waals surface area (Å²) in [5.74, 6) is -3.25. The second-order valence-electron chi connectivity index (χ2n) is 5.24. The van der Waals surface area contributed by atoms with Gasteiger partial charge in [0.25, 0.3) is 5.91 Å². The van der Waals surface area contributed by atoms with E-state index >= 15 is 0 Å². The molecular formula is C15H15I3N2O7. The number of carbonyl (C=O) groups is 4. The van der Waals surface area contributed by atoms with E-state index in [1.807, 2.05) is 67.8 Å². The molecule has 0 fully saturated rings. The number of carboxylic acids is 2. The summed E-state index contributed by atoms with van der Waals surface area (Å²) in [6.45, 7) is 0.235. The average molecular weight is 716 g/mol. The Hall–Kier alpha value is -0.750. The predicted molar refractivity (Wildman–Crippen MR) is 123 cm³/mol. The molecule has 0 atom stereocenters. The van der Waals surface area contributed by atoms with Crippen molar-refractivity contribution in [2.24, 2.45) is 0 Å². The van der Waals surface area contributed by atoms with E-state index < -0.39 is 31.1 Å². The van der Waals surface area contributed by atoms with Crippen LogP contribution in [0.4, 0.5) is 11.4 Å². The summed E-state index contributed by atoms with van der Waals surface area (Å²) in [5, 5.41) is 18.2. The Balaban J connectivity index is 3.53. The number of aromatic carboxylic acids is 1. The molecule has 0 bridgehead atoms. The number of hydrogen-bond donors (Lipinski definition) is 2. The first kappa shape index (κ1) is 24.3. The number of amides is 2. The Morgan fingerprint density at radius 1 is 0.889 bits per heavy atom. The van der Waals surface area contributed by atoms with Crippen LogP contribution in [0.1, 0.15) is 17.3 Å². The van der Waals surface area contributed by atoms with Gasteiger partial charge in [-0.05, 0) is 67.8 Å². The number of carbonyl (C=O) groups excluding carboxylic acids is 2. The van der Waals surface area contributed by atoms with Gasteiger partial charge in [-0.15, -0.1) is 0 Å². The SMILES string of the molecule is CC(=O)N(C)c1c(I)c(C(=O)O)c(I)c(N(C)C(=O)COCC(=O)O)c1I. The second-order valence-corrected chi connectivity index (χ2v) is 8.47. The number of halogens is 3. The first-order valence-electron chi connectivity index (χ1n) is 7.15. The first-order chi connectivity index (χ1) is 12.4. The average Bonchev–Trinajstić information content (AvgIpc) is 2.53. The number of aliphatic carboxylic acids is 1. The Labute approximate surface area is 195 Å². The molecule has 0 saturated heterocycles. The summed E-state index contributed by atoms with van der Waals surface area (Å²) in [6.07, 6.45) is 0. The van der Waals surface area contributed by atoms with Gasteiger partial charge in [0.2, 0.25) is 5.91 Å². The monoisotopic (exact) mass is 716 g/mol. The van der Waals surface area contributed by atoms with Gasteiger partial charge in [-0.25, -0.2) is 9.59 Å². The summed E-state index contributed by atoms with van der Waals surface area (Å²) in [5.41, 5.74) is 0.657. The highest BCUT2D eigenvalue weighted by Gasteiger charge is 2.30. The van der Waals surface area contributed by atoms with Gasteiger partial charge in [-0.2, -0.15) is 0 Å². The lowest BCUT2D eigenvalue weighted by Crippen LogP contribution is -2.34. The zero-order chi connectivity index (χ0) is 21.0. The van der Waals surface area contributed by atoms with Gasteiger partial charge in [0.1, 0.15) is 13.2 Å². The van der Waals surface area contributed by atoms with Crippen molar-refractivity contribution in [1.82, 2.24) is 0 Å². The molecule has 0 aliphatic carbocycles. The molecular weight excluding hydrogens is 701 g/mol. The zero-order valence-corrected chi connectivity index (χ0v) is 20.9. The fraction of sp³-hybridized carbons (Fsp3) is 0.333. The molecule has 0 aliphatic heterocycles. The van der Waals surface area contributed by atoms with Crippen molar-refractivity contribution in [3.05, 3.63) is 16.3 Å². The molecule has 0 aromatic heterocycles. The van der Waals surface area contributed by atoms with Gasteiger partial charge in [-0.3, -0.25) is 9.59 Å². The van der Waals surface area contributed by atoms with Crippen molar-refractivity contribution in [2.75, 3.05) is 37.1 Å². The molecule has 2 N–H and O–H groups in total. The summed E-state index contributed by atoms with van der Waals surface area (Å²) in [6, 6.07) is 0. The smallest absolute Gasteiger partial charge is 0.338 e. The van der Waals surface area contributed by atoms with Crippen LogP contribution < -0.4 is 9.80 Å². The standard InChI is InChI=1S/C15H15I3N2O7/c1-6(21)19(2)13-10(16)9(15(25)26)11(17)14(12(13)18)20(3)7(22)4-27-5-8(23)24/h4-5H2,1-3H3,(H,23,24)(H,25,26). The quantitative estimate of drug-likeness (QED) is 0.416. The topological polar surface area (TPSA) is 124 Å². The molecule has 0 radical (unpaired) electrons. The number of ether oxygens (including phenoxy) is 1. The minimum atomic E-state index is -1.21. The van der Waals surface area contributed by atoms with E-state index in [1.165, 1.54) is 30.8 Å². The van der Waals surface area contributed by atoms with Crippen LogP contribution in [0, 0.1) is 10.7 Å². The van der Waals surface area contributed by atoms with Crippen LogP contribution in [-0.2, 0) is 19.1 Å². The molecule has 0 spiro atoms. The Bertz CT molecular complexity index is 813. The van der Waals surface area contributed by atoms with E-state index in [4.69, 9.17) is 9.84 Å². The summed E-state index contributed by atoms with van der Waals surface area (Å²) in [4.78, 5) is 49.0. The molecule has 2 amide bonds. The molecule has 0 saturated carbocycles. The number of hydrogen-bond acceptors (Lipinski definition) is 5. The van der Waals surface area contributed by atoms with Gasteiger partial charge in [0, 0.05) is 21.0 Å². The van der Waals surface area contributed by atoms with Crippen LogP contribution in [-0.4, -0.2) is 61.3 Å². The van der Waals surface area contributed by atoms with Crippen molar-refractivity contribution < 1.29 is 34.1 Å². The number of benzene rings is 1. The lowest BCUT2D eigenvalue weighted by atomic mass is 10.1. The highest BCUT2D eigenvalue weighted by molar-refractivity contribution is 14.1. The molecule has 1 rings (SSSR count). The van der Waals surface area contributed by atoms with Gasteiger partial charge >= 0.3 is 11.9 Å². The van der Waals surface area contributed by atoms with Gasteiger partial charge in [-0.1, -0.05) is 0 Å². The number of anilines is 2. The van der Waals surface area contributed by atoms with E-state index in [1.54, 1.807) is 0 Å². The van der Waals surface area contributed by atoms with Crippen molar-refractivity contribution in [1.29, 1.82) is 0 Å². The maximum Gasteiger partial charge on any atom is 0.338 e. The highest BCUT2D eigenvalue weighted by Crippen LogP contribution is 2.41. The minimum Gasteiger partial charge on any atom is -0.480 e. The number of nitrogens with zero attached hydrogens (tertiary/aromatic N) is 2. The Kier molecular flexibility index (Phi) is 9.13. The van der Waals surface area contributed by atoms with Crippen molar-refractivity contribution in [2.45, 2.75) is 6.92 Å². The molecule has 9 nitrogen and oxygen atoms in total. The number of likely N-dealkylation sites (N-methyl/N-ethyl adjacent to an activating group) is 1. The second kappa shape index (κ2) is 10.1. The predicted octanol–water partition coefficient (Wildman–Crippen LogP) is 2.25. The third-order valence-corrected chi connectivity index (χ3v) is 6.58. The highest BCUT2D eigenvalue weighted by atomic mass is 127. The van der Waals surface area contributed by atoms with E-state index in [9.17, 15) is 24.3 Å². The van der Waals surface area contributed by atoms with Gasteiger partial charge in [0.15, 0.2) is 0 Å². The molecule has 148 valence electrons. The van der Waals surface area contributed by atoms with Crippen molar-refractivity contribution in [3.8, 4) is 0 Å². The lowest BCUT2D eigenvalue weighted by Gasteiger charge is -2.27. The molecule has 27 heavy (non-hydrogen) atoms. The minimum absolute atomic E-state index is 0.0270. The van der Waals surface area contributed by atoms with Crippen LogP contribution >= 0.6 is 67.8 Å². The Morgan fingerprint density at radius 2 is 1.37 bits per heavy atom. The maximum atomic E-state index is 12.4. The van der Waals surface area contributed by atoms with E-state index in [2.05, 4.69) is 0 Å². The van der Waals surface area contributed by atoms with Crippen LogP contribution in [0.2, 0.25) is 0 Å². The largest absolute Gasteiger partial charge is 0.480 e. The fourth-order valence-corrected chi connectivity index (χ4v) is 7.09. The molecule has 0 heterocycles. The normalized spacial score (nSPS) is 10.4. The molecule has 0 unspecified atom stereocenters. The summed E-state index contributed by atoms with van der Waals surface area (Å²) >= 11 is 5.66. The third-order valence-electron chi connectivity index (χ3n) is 3.45. The number of rotatable bonds is 7. The van der Waals surface area contributed by atoms with Gasteiger partial charge < -0.3 is 24.7 Å². The Morgan fingerprint density at radius 3 is 1.78 bits per heavy atom. The van der Waals surface area contributed by atoms with Crippen LogP contribution in [0.3, 0.4) is 0 Å². The van der Waals surface area contributed by atoms with Crippen LogP contribution in [0.5, 0.6) is 0 Å². The molecule has 12 heteroatoms. The molecule has 0 aliphatic rings. The number of carboxylic acid groups (broad SMARTS) is 2. The van der Waals surface area contributed by atoms with Gasteiger partial charge in [0.05, 0.1) is 27.6 Å². The zero-order valence-electron chi connectivity index (χ0n) is 14.4. The first-order valence-corrected chi connectivity index (χ1v) is 10.4. The van der Waals surface area contributed by atoms with E-state index in [0.29, 0.717) is 22.1 Å². The molecule has 1 aromatic rings. The maximum absolute atomic E-state index is 12.4. The summed E-state index contributed by atoms with van der Waals surface area (Å²) in [7, 11) is 2.95. The molecule has 1 aromatic carbocycles. The van der Waals surface area contributed by atoms with E-state index in [0.717, 1.165) is 0 Å². The third kappa shape index (κ3) is 5.63. The fourth-order valence-electron chi connectivity index (χ4n) is 2.02. The van der Waals surface area contributed by atoms with Crippen molar-refractivity contribution >= 4 is 103 Å². The van der Waals surface area contributed by atoms with E-state index in [-0.39, 0.29) is 11.5 Å². The lowest BCUT2D eigenvalue weighted by molar-refractivity contribution is -0.143. The van der Waals surface area contributed by atoms with Crippen LogP contribution in [0.15, 0.2) is 0 Å².